The van der Waals surface area contributed by atoms with Gasteiger partial charge in [0.05, 0.1) is 28.2 Å². The van der Waals surface area contributed by atoms with E-state index in [2.05, 4.69) is 30.9 Å². The summed E-state index contributed by atoms with van der Waals surface area (Å²) >= 11 is 6.28. The van der Waals surface area contributed by atoms with Crippen molar-refractivity contribution in [3.8, 4) is 5.82 Å². The Balaban J connectivity index is 1.51. The fourth-order valence-corrected chi connectivity index (χ4v) is 3.97. The summed E-state index contributed by atoms with van der Waals surface area (Å²) in [6.45, 7) is 1.23. The highest BCUT2D eigenvalue weighted by Gasteiger charge is 2.34. The summed E-state index contributed by atoms with van der Waals surface area (Å²) in [5.41, 5.74) is -0.844. The predicted octanol–water partition coefficient (Wildman–Crippen LogP) is 4.17. The van der Waals surface area contributed by atoms with Crippen LogP contribution >= 0.6 is 11.6 Å². The molecule has 2 N–H and O–H groups in total. The highest BCUT2D eigenvalue weighted by atomic mass is 35.5. The van der Waals surface area contributed by atoms with Crippen molar-refractivity contribution in [2.24, 2.45) is 0 Å². The zero-order chi connectivity index (χ0) is 27.9. The van der Waals surface area contributed by atoms with Crippen molar-refractivity contribution in [3.05, 3.63) is 81.8 Å². The number of rotatable bonds is 7. The number of pyridine rings is 1. The SMILES string of the molecule is Cc1cc(F)cc(C(=O)NC2CC2)c1NC(=O)c1cc(Cn2ncc(C(F)(F)F)n2)nn1-c1ncccc1Cl. The largest absolute Gasteiger partial charge is 0.436 e. The van der Waals surface area contributed by atoms with Crippen LogP contribution in [0.15, 0.2) is 42.7 Å². The molecule has 3 aromatic heterocycles. The summed E-state index contributed by atoms with van der Waals surface area (Å²) in [5.74, 6) is -1.87. The van der Waals surface area contributed by atoms with Gasteiger partial charge in [0.2, 0.25) is 0 Å². The second-order valence-corrected chi connectivity index (χ2v) is 9.25. The Morgan fingerprint density at radius 2 is 1.92 bits per heavy atom. The van der Waals surface area contributed by atoms with Crippen molar-refractivity contribution in [2.75, 3.05) is 5.32 Å². The summed E-state index contributed by atoms with van der Waals surface area (Å²) in [6.07, 6.45) is -1.07. The van der Waals surface area contributed by atoms with Crippen LogP contribution in [0.4, 0.5) is 23.2 Å². The number of hydrogen-bond acceptors (Lipinski definition) is 6. The molecule has 1 fully saturated rings. The van der Waals surface area contributed by atoms with Gasteiger partial charge < -0.3 is 10.6 Å². The van der Waals surface area contributed by atoms with Crippen LogP contribution in [0.1, 0.15) is 50.6 Å². The summed E-state index contributed by atoms with van der Waals surface area (Å²) in [4.78, 5) is 31.2. The number of benzene rings is 1. The van der Waals surface area contributed by atoms with Gasteiger partial charge in [-0.05, 0) is 55.7 Å². The minimum atomic E-state index is -4.68. The van der Waals surface area contributed by atoms with Crippen LogP contribution in [-0.4, -0.2) is 47.6 Å². The van der Waals surface area contributed by atoms with Gasteiger partial charge in [0, 0.05) is 12.2 Å². The molecule has 1 aliphatic carbocycles. The second-order valence-electron chi connectivity index (χ2n) is 8.85. The normalized spacial score (nSPS) is 13.4. The second kappa shape index (κ2) is 10.1. The average Bonchev–Trinajstić information content (AvgIpc) is 3.37. The molecule has 10 nitrogen and oxygen atoms in total. The number of nitrogens with one attached hydrogen (secondary N) is 2. The zero-order valence-corrected chi connectivity index (χ0v) is 20.9. The Labute approximate surface area is 223 Å². The highest BCUT2D eigenvalue weighted by Crippen LogP contribution is 2.28. The molecule has 0 radical (unpaired) electrons. The van der Waals surface area contributed by atoms with Gasteiger partial charge >= 0.3 is 6.18 Å². The van der Waals surface area contributed by atoms with Gasteiger partial charge in [0.15, 0.2) is 11.5 Å². The van der Waals surface area contributed by atoms with E-state index in [0.717, 1.165) is 28.4 Å². The molecule has 15 heteroatoms. The molecule has 1 saturated carbocycles. The van der Waals surface area contributed by atoms with Crippen LogP contribution in [-0.2, 0) is 12.7 Å². The lowest BCUT2D eigenvalue weighted by Gasteiger charge is -2.15. The summed E-state index contributed by atoms with van der Waals surface area (Å²) in [5, 5.41) is 16.9. The molecule has 202 valence electrons. The number of carbonyl (C=O) groups excluding carboxylic acids is 2. The first-order valence-electron chi connectivity index (χ1n) is 11.6. The van der Waals surface area contributed by atoms with Crippen LogP contribution in [0.25, 0.3) is 5.82 Å². The van der Waals surface area contributed by atoms with E-state index in [1.165, 1.54) is 31.3 Å². The van der Waals surface area contributed by atoms with Gasteiger partial charge in [-0.3, -0.25) is 9.59 Å². The van der Waals surface area contributed by atoms with Crippen molar-refractivity contribution in [2.45, 2.75) is 38.5 Å². The Morgan fingerprint density at radius 1 is 1.15 bits per heavy atom. The molecule has 2 amide bonds. The molecule has 0 aliphatic heterocycles. The van der Waals surface area contributed by atoms with Crippen molar-refractivity contribution in [1.82, 2.24) is 35.1 Å². The predicted molar refractivity (Wildman–Crippen MR) is 130 cm³/mol. The summed E-state index contributed by atoms with van der Waals surface area (Å²) < 4.78 is 54.1. The lowest BCUT2D eigenvalue weighted by Crippen LogP contribution is -2.28. The van der Waals surface area contributed by atoms with Gasteiger partial charge in [0.25, 0.3) is 11.8 Å². The van der Waals surface area contributed by atoms with Crippen LogP contribution in [0.5, 0.6) is 0 Å². The van der Waals surface area contributed by atoms with E-state index in [9.17, 15) is 27.2 Å². The first kappa shape index (κ1) is 26.3. The van der Waals surface area contributed by atoms with Crippen molar-refractivity contribution < 1.29 is 27.2 Å². The number of amides is 2. The monoisotopic (exact) mass is 562 g/mol. The quantitative estimate of drug-likeness (QED) is 0.326. The summed E-state index contributed by atoms with van der Waals surface area (Å²) in [6, 6.07) is 6.58. The maximum Gasteiger partial charge on any atom is 0.436 e. The average molecular weight is 563 g/mol. The number of carbonyl (C=O) groups is 2. The Morgan fingerprint density at radius 3 is 2.59 bits per heavy atom. The first-order valence-corrected chi connectivity index (χ1v) is 12.0. The van der Waals surface area contributed by atoms with Crippen LogP contribution < -0.4 is 10.6 Å². The number of alkyl halides is 3. The maximum atomic E-state index is 14.2. The van der Waals surface area contributed by atoms with Crippen molar-refractivity contribution in [3.63, 3.8) is 0 Å². The third-order valence-electron chi connectivity index (χ3n) is 5.76. The molecule has 1 aromatic carbocycles. The van der Waals surface area contributed by atoms with Gasteiger partial charge in [0.1, 0.15) is 18.1 Å². The number of nitrogens with zero attached hydrogens (tertiary/aromatic N) is 6. The molecule has 3 heterocycles. The molecule has 0 saturated heterocycles. The van der Waals surface area contributed by atoms with Gasteiger partial charge in [-0.25, -0.2) is 14.1 Å². The fraction of sp³-hybridized carbons (Fsp3) is 0.250. The van der Waals surface area contributed by atoms with E-state index < -0.39 is 29.5 Å². The Hall–Kier alpha value is -4.33. The van der Waals surface area contributed by atoms with E-state index in [1.54, 1.807) is 6.07 Å². The molecular weight excluding hydrogens is 544 g/mol. The standard InChI is InChI=1S/C24H19ClF4N8O2/c1-12-7-13(26)8-16(22(38)32-14-4-5-14)20(12)33-23(39)18-9-15(11-36-31-10-19(35-36)24(27,28)29)34-37(18)21-17(25)3-2-6-30-21/h2-3,6-10,14H,4-5,11H2,1H3,(H,32,38)(H,33,39). The molecule has 0 atom stereocenters. The minimum Gasteiger partial charge on any atom is -0.349 e. The zero-order valence-electron chi connectivity index (χ0n) is 20.1. The molecular formula is C24H19ClF4N8O2. The number of hydrogen-bond donors (Lipinski definition) is 2. The lowest BCUT2D eigenvalue weighted by molar-refractivity contribution is -0.141. The maximum absolute atomic E-state index is 14.2. The number of aromatic nitrogens is 6. The van der Waals surface area contributed by atoms with E-state index >= 15 is 0 Å². The van der Waals surface area contributed by atoms with Crippen LogP contribution in [0.2, 0.25) is 5.02 Å². The number of aryl methyl sites for hydroxylation is 1. The van der Waals surface area contributed by atoms with Crippen molar-refractivity contribution in [1.29, 1.82) is 0 Å². The van der Waals surface area contributed by atoms with Gasteiger partial charge in [-0.2, -0.15) is 28.2 Å². The van der Waals surface area contributed by atoms with Crippen LogP contribution in [0.3, 0.4) is 0 Å². The van der Waals surface area contributed by atoms with Gasteiger partial charge in [-0.15, -0.1) is 5.10 Å². The number of anilines is 1. The highest BCUT2D eigenvalue weighted by molar-refractivity contribution is 6.32. The van der Waals surface area contributed by atoms with Crippen LogP contribution in [0, 0.1) is 12.7 Å². The van der Waals surface area contributed by atoms with Gasteiger partial charge in [-0.1, -0.05) is 11.6 Å². The molecule has 5 rings (SSSR count). The molecule has 0 unspecified atom stereocenters. The van der Waals surface area contributed by atoms with E-state index in [1.807, 2.05) is 0 Å². The Kier molecular flexibility index (Phi) is 6.80. The molecule has 0 bridgehead atoms. The molecule has 4 aromatic rings. The van der Waals surface area contributed by atoms with Crippen molar-refractivity contribution >= 4 is 29.1 Å². The van der Waals surface area contributed by atoms with E-state index in [0.29, 0.717) is 11.8 Å². The fourth-order valence-electron chi connectivity index (χ4n) is 3.77. The Bertz CT molecular complexity index is 1580. The number of halogens is 5. The summed E-state index contributed by atoms with van der Waals surface area (Å²) in [7, 11) is 0. The topological polar surface area (TPSA) is 120 Å². The molecule has 39 heavy (non-hydrogen) atoms. The van der Waals surface area contributed by atoms with E-state index in [-0.39, 0.29) is 46.1 Å². The molecule has 0 spiro atoms. The molecule has 1 aliphatic rings. The van der Waals surface area contributed by atoms with E-state index in [4.69, 9.17) is 11.6 Å². The first-order chi connectivity index (χ1) is 18.5. The third kappa shape index (κ3) is 5.74. The minimum absolute atomic E-state index is 0.00585. The third-order valence-corrected chi connectivity index (χ3v) is 6.05. The lowest BCUT2D eigenvalue weighted by atomic mass is 10.1. The smallest absolute Gasteiger partial charge is 0.349 e.